The molecule has 1 aliphatic heterocycles. The summed E-state index contributed by atoms with van der Waals surface area (Å²) in [6.07, 6.45) is -0.874. The lowest BCUT2D eigenvalue weighted by Gasteiger charge is -2.17. The molecule has 31 heavy (non-hydrogen) atoms. The standard InChI is InChI=1S/C19H20ClIN6O3S/c1-2-22-17(30)14-12(28)13(29)18(31-14)27-8-24-11-15(25-19(20)26-16(11)27)23-7-9-4-3-5-10(21)6-9/h3-6,8,12-14,18,28-29H,2,7H2,1H3,(H,22,30)(H,23,25,26)/t12-,13+,14-,18+/m0/s1. The summed E-state index contributed by atoms with van der Waals surface area (Å²) in [7, 11) is 0. The molecule has 4 N–H and O–H groups in total. The van der Waals surface area contributed by atoms with E-state index in [4.69, 9.17) is 11.6 Å². The van der Waals surface area contributed by atoms with Crippen molar-refractivity contribution in [3.05, 3.63) is 45.0 Å². The van der Waals surface area contributed by atoms with Crippen LogP contribution in [0.4, 0.5) is 5.82 Å². The normalized spacial score (nSPS) is 23.3. The number of fused-ring (bicyclic) bond motifs is 1. The van der Waals surface area contributed by atoms with Crippen LogP contribution in [0.1, 0.15) is 17.9 Å². The number of benzene rings is 1. The highest BCUT2D eigenvalue weighted by molar-refractivity contribution is 14.1. The smallest absolute Gasteiger partial charge is 0.235 e. The highest BCUT2D eigenvalue weighted by Gasteiger charge is 2.47. The van der Waals surface area contributed by atoms with Crippen molar-refractivity contribution in [2.75, 3.05) is 11.9 Å². The minimum absolute atomic E-state index is 0.0257. The van der Waals surface area contributed by atoms with Gasteiger partial charge in [0.2, 0.25) is 11.2 Å². The fourth-order valence-corrected chi connectivity index (χ4v) is 5.62. The molecule has 2 aromatic heterocycles. The van der Waals surface area contributed by atoms with Crippen LogP contribution >= 0.6 is 46.0 Å². The second-order valence-corrected chi connectivity index (χ2v) is 9.82. The predicted molar refractivity (Wildman–Crippen MR) is 128 cm³/mol. The number of nitrogens with one attached hydrogen (secondary N) is 2. The van der Waals surface area contributed by atoms with Gasteiger partial charge in [-0.3, -0.25) is 9.36 Å². The minimum Gasteiger partial charge on any atom is -0.389 e. The number of carbonyl (C=O) groups excluding carboxylic acids is 1. The van der Waals surface area contributed by atoms with E-state index in [1.807, 2.05) is 18.2 Å². The first-order valence-electron chi connectivity index (χ1n) is 9.56. The van der Waals surface area contributed by atoms with Crippen molar-refractivity contribution in [1.82, 2.24) is 24.8 Å². The lowest BCUT2D eigenvalue weighted by Crippen LogP contribution is -2.41. The van der Waals surface area contributed by atoms with Crippen molar-refractivity contribution in [3.8, 4) is 0 Å². The summed E-state index contributed by atoms with van der Waals surface area (Å²) in [6.45, 7) is 2.76. The monoisotopic (exact) mass is 574 g/mol. The highest BCUT2D eigenvalue weighted by atomic mass is 127. The van der Waals surface area contributed by atoms with E-state index in [2.05, 4.69) is 54.2 Å². The number of thioether (sulfide) groups is 1. The first-order valence-corrected chi connectivity index (χ1v) is 12.0. The number of aromatic nitrogens is 4. The number of hydrogen-bond donors (Lipinski definition) is 4. The Morgan fingerprint density at radius 2 is 2.13 bits per heavy atom. The Labute approximate surface area is 201 Å². The number of rotatable bonds is 6. The van der Waals surface area contributed by atoms with Gasteiger partial charge >= 0.3 is 0 Å². The second kappa shape index (κ2) is 9.45. The van der Waals surface area contributed by atoms with Gasteiger partial charge in [0.05, 0.1) is 6.33 Å². The van der Waals surface area contributed by atoms with E-state index < -0.39 is 22.8 Å². The number of imidazole rings is 1. The molecule has 1 aliphatic rings. The number of nitrogens with zero attached hydrogens (tertiary/aromatic N) is 4. The molecule has 4 atom stereocenters. The summed E-state index contributed by atoms with van der Waals surface area (Å²) in [4.78, 5) is 25.2. The fraction of sp³-hybridized carbons (Fsp3) is 0.368. The Hall–Kier alpha value is -1.67. The molecule has 4 rings (SSSR count). The van der Waals surface area contributed by atoms with Gasteiger partial charge in [-0.1, -0.05) is 12.1 Å². The topological polar surface area (TPSA) is 125 Å². The van der Waals surface area contributed by atoms with Crippen molar-refractivity contribution >= 4 is 68.8 Å². The van der Waals surface area contributed by atoms with E-state index >= 15 is 0 Å². The molecule has 1 fully saturated rings. The summed E-state index contributed by atoms with van der Waals surface area (Å²) in [6, 6.07) is 8.05. The molecule has 3 heterocycles. The molecule has 0 aliphatic carbocycles. The van der Waals surface area contributed by atoms with Crippen molar-refractivity contribution in [1.29, 1.82) is 0 Å². The van der Waals surface area contributed by atoms with Crippen LogP contribution in [0, 0.1) is 3.57 Å². The molecule has 0 unspecified atom stereocenters. The van der Waals surface area contributed by atoms with Gasteiger partial charge in [0.1, 0.15) is 22.8 Å². The molecule has 0 radical (unpaired) electrons. The number of aliphatic hydroxyl groups excluding tert-OH is 2. The lowest BCUT2D eigenvalue weighted by molar-refractivity contribution is -0.123. The van der Waals surface area contributed by atoms with Crippen LogP contribution in [0.2, 0.25) is 5.28 Å². The minimum atomic E-state index is -1.21. The third-order valence-corrected chi connectivity index (χ3v) is 7.28. The fourth-order valence-electron chi connectivity index (χ4n) is 3.41. The molecule has 3 aromatic rings. The van der Waals surface area contributed by atoms with E-state index in [9.17, 15) is 15.0 Å². The molecular formula is C19H20ClIN6O3S. The summed E-state index contributed by atoms with van der Waals surface area (Å²) in [5, 5.41) is 25.5. The number of carbonyl (C=O) groups is 1. The maximum atomic E-state index is 12.2. The van der Waals surface area contributed by atoms with Crippen molar-refractivity contribution in [2.24, 2.45) is 0 Å². The maximum Gasteiger partial charge on any atom is 0.235 e. The average molecular weight is 575 g/mol. The SMILES string of the molecule is CCNC(=O)[C@H]1S[C@@H](n2cnc3c(NCc4cccc(I)c4)nc(Cl)nc32)[C@H](O)[C@@H]1O. The van der Waals surface area contributed by atoms with Gasteiger partial charge in [-0.15, -0.1) is 11.8 Å². The predicted octanol–water partition coefficient (Wildman–Crippen LogP) is 2.17. The van der Waals surface area contributed by atoms with Crippen molar-refractivity contribution in [3.63, 3.8) is 0 Å². The van der Waals surface area contributed by atoms with Gasteiger partial charge < -0.3 is 20.8 Å². The molecule has 12 heteroatoms. The van der Waals surface area contributed by atoms with E-state index in [0.29, 0.717) is 30.1 Å². The molecular weight excluding hydrogens is 555 g/mol. The number of aliphatic hydroxyl groups is 2. The van der Waals surface area contributed by atoms with E-state index in [0.717, 1.165) is 20.9 Å². The van der Waals surface area contributed by atoms with Gasteiger partial charge in [-0.25, -0.2) is 4.98 Å². The Bertz CT molecular complexity index is 1120. The van der Waals surface area contributed by atoms with Crippen LogP contribution in [0.3, 0.4) is 0 Å². The van der Waals surface area contributed by atoms with E-state index in [-0.39, 0.29) is 11.2 Å². The zero-order chi connectivity index (χ0) is 22.1. The van der Waals surface area contributed by atoms with Gasteiger partial charge in [0.25, 0.3) is 0 Å². The van der Waals surface area contributed by atoms with Gasteiger partial charge in [-0.2, -0.15) is 9.97 Å². The van der Waals surface area contributed by atoms with Gasteiger partial charge in [0, 0.05) is 16.7 Å². The second-order valence-electron chi connectivity index (χ2n) is 6.97. The average Bonchev–Trinajstić information content (AvgIpc) is 3.27. The van der Waals surface area contributed by atoms with Crippen LogP contribution in [0.25, 0.3) is 11.2 Å². The third kappa shape index (κ3) is 4.60. The summed E-state index contributed by atoms with van der Waals surface area (Å²) in [5.74, 6) is 0.143. The molecule has 0 spiro atoms. The molecule has 0 saturated carbocycles. The Morgan fingerprint density at radius 1 is 1.32 bits per heavy atom. The number of amides is 1. The number of halogens is 2. The summed E-state index contributed by atoms with van der Waals surface area (Å²) < 4.78 is 2.75. The number of hydrogen-bond acceptors (Lipinski definition) is 8. The van der Waals surface area contributed by atoms with Crippen LogP contribution in [-0.4, -0.2) is 59.6 Å². The maximum absolute atomic E-state index is 12.2. The van der Waals surface area contributed by atoms with Crippen LogP contribution < -0.4 is 10.6 Å². The Balaban J connectivity index is 1.62. The molecule has 1 amide bonds. The molecule has 1 aromatic carbocycles. The molecule has 9 nitrogen and oxygen atoms in total. The first kappa shape index (κ1) is 22.5. The highest BCUT2D eigenvalue weighted by Crippen LogP contribution is 2.43. The Morgan fingerprint density at radius 3 is 2.87 bits per heavy atom. The quantitative estimate of drug-likeness (QED) is 0.261. The van der Waals surface area contributed by atoms with E-state index in [1.54, 1.807) is 11.5 Å². The van der Waals surface area contributed by atoms with E-state index in [1.165, 1.54) is 6.33 Å². The van der Waals surface area contributed by atoms with Crippen LogP contribution in [-0.2, 0) is 11.3 Å². The summed E-state index contributed by atoms with van der Waals surface area (Å²) in [5.41, 5.74) is 1.97. The zero-order valence-corrected chi connectivity index (χ0v) is 20.1. The molecule has 1 saturated heterocycles. The summed E-state index contributed by atoms with van der Waals surface area (Å²) >= 11 is 9.58. The number of anilines is 1. The van der Waals surface area contributed by atoms with Crippen LogP contribution in [0.15, 0.2) is 30.6 Å². The third-order valence-electron chi connectivity index (χ3n) is 4.86. The lowest BCUT2D eigenvalue weighted by atomic mass is 10.1. The van der Waals surface area contributed by atoms with Crippen molar-refractivity contribution < 1.29 is 15.0 Å². The Kier molecular flexibility index (Phi) is 6.86. The largest absolute Gasteiger partial charge is 0.389 e. The van der Waals surface area contributed by atoms with Gasteiger partial charge in [0.15, 0.2) is 17.0 Å². The van der Waals surface area contributed by atoms with Gasteiger partial charge in [-0.05, 0) is 58.8 Å². The molecule has 164 valence electrons. The molecule has 0 bridgehead atoms. The first-order chi connectivity index (χ1) is 14.9. The van der Waals surface area contributed by atoms with Crippen LogP contribution in [0.5, 0.6) is 0 Å². The zero-order valence-electron chi connectivity index (χ0n) is 16.4. The van der Waals surface area contributed by atoms with Crippen molar-refractivity contribution in [2.45, 2.75) is 36.3 Å².